The molecule has 1 fully saturated rings. The number of aryl methyl sites for hydroxylation is 2. The summed E-state index contributed by atoms with van der Waals surface area (Å²) in [5.41, 5.74) is 2.36. The average Bonchev–Trinajstić information content (AvgIpc) is 2.50. The van der Waals surface area contributed by atoms with Gasteiger partial charge in [-0.05, 0) is 45.2 Å². The maximum atomic E-state index is 12.2. The largest absolute Gasteiger partial charge is 0.335 e. The lowest BCUT2D eigenvalue weighted by atomic mass is 9.96. The molecule has 0 radical (unpaired) electrons. The maximum Gasteiger partial charge on any atom is 0.321 e. The van der Waals surface area contributed by atoms with E-state index in [2.05, 4.69) is 16.7 Å². The van der Waals surface area contributed by atoms with E-state index < -0.39 is 0 Å². The molecule has 0 spiro atoms. The molecule has 2 rings (SSSR count). The first kappa shape index (κ1) is 17.9. The van der Waals surface area contributed by atoms with Crippen LogP contribution in [0.3, 0.4) is 0 Å². The number of amides is 3. The second-order valence-corrected chi connectivity index (χ2v) is 7.71. The van der Waals surface area contributed by atoms with E-state index in [9.17, 15) is 9.59 Å². The lowest BCUT2D eigenvalue weighted by Crippen LogP contribution is -2.47. The van der Waals surface area contributed by atoms with Gasteiger partial charge in [-0.2, -0.15) is 0 Å². The summed E-state index contributed by atoms with van der Waals surface area (Å²) in [7, 11) is 0. The van der Waals surface area contributed by atoms with Gasteiger partial charge in [-0.25, -0.2) is 4.79 Å². The molecule has 0 heterocycles. The normalized spacial score (nSPS) is 16.7. The lowest BCUT2D eigenvalue weighted by molar-refractivity contribution is -0.119. The number of imide groups is 1. The van der Waals surface area contributed by atoms with Crippen molar-refractivity contribution in [2.75, 3.05) is 0 Å². The molecular formula is C18H26N2O2S. The van der Waals surface area contributed by atoms with Gasteiger partial charge in [-0.15, -0.1) is 11.8 Å². The van der Waals surface area contributed by atoms with Crippen LogP contribution in [0, 0.1) is 13.8 Å². The number of hydrogen-bond acceptors (Lipinski definition) is 3. The van der Waals surface area contributed by atoms with Gasteiger partial charge in [0.1, 0.15) is 0 Å². The molecule has 2 N–H and O–H groups in total. The first-order valence-electron chi connectivity index (χ1n) is 8.31. The van der Waals surface area contributed by atoms with Crippen molar-refractivity contribution in [1.82, 2.24) is 10.6 Å². The third-order valence-electron chi connectivity index (χ3n) is 4.18. The number of benzene rings is 1. The van der Waals surface area contributed by atoms with Crippen LogP contribution in [-0.2, 0) is 4.79 Å². The molecule has 1 saturated carbocycles. The van der Waals surface area contributed by atoms with Gasteiger partial charge in [0.2, 0.25) is 5.91 Å². The van der Waals surface area contributed by atoms with Crippen LogP contribution in [0.5, 0.6) is 0 Å². The van der Waals surface area contributed by atoms with Gasteiger partial charge in [0.15, 0.2) is 0 Å². The molecule has 1 aromatic carbocycles. The minimum Gasteiger partial charge on any atom is -0.335 e. The van der Waals surface area contributed by atoms with E-state index in [0.29, 0.717) is 0 Å². The predicted octanol–water partition coefficient (Wildman–Crippen LogP) is 3.94. The molecule has 0 saturated heterocycles. The fourth-order valence-electron chi connectivity index (χ4n) is 2.86. The van der Waals surface area contributed by atoms with E-state index in [0.717, 1.165) is 36.1 Å². The Bertz CT molecular complexity index is 568. The van der Waals surface area contributed by atoms with Crippen molar-refractivity contribution in [3.63, 3.8) is 0 Å². The Kier molecular flexibility index (Phi) is 6.51. The number of urea groups is 1. The van der Waals surface area contributed by atoms with E-state index in [1.807, 2.05) is 32.9 Å². The van der Waals surface area contributed by atoms with E-state index in [4.69, 9.17) is 0 Å². The number of nitrogens with one attached hydrogen (secondary N) is 2. The number of hydrogen-bond donors (Lipinski definition) is 2. The second-order valence-electron chi connectivity index (χ2n) is 6.33. The van der Waals surface area contributed by atoms with Crippen LogP contribution in [0.2, 0.25) is 0 Å². The smallest absolute Gasteiger partial charge is 0.321 e. The average molecular weight is 334 g/mol. The van der Waals surface area contributed by atoms with Crippen LogP contribution < -0.4 is 10.6 Å². The monoisotopic (exact) mass is 334 g/mol. The molecule has 1 aromatic rings. The summed E-state index contributed by atoms with van der Waals surface area (Å²) in [5.74, 6) is -0.247. The highest BCUT2D eigenvalue weighted by Gasteiger charge is 2.20. The van der Waals surface area contributed by atoms with E-state index in [1.54, 1.807) is 0 Å². The zero-order valence-corrected chi connectivity index (χ0v) is 15.0. The summed E-state index contributed by atoms with van der Waals surface area (Å²) in [6, 6.07) is 6.01. The van der Waals surface area contributed by atoms with Crippen LogP contribution in [0.25, 0.3) is 0 Å². The van der Waals surface area contributed by atoms with Gasteiger partial charge in [0, 0.05) is 10.9 Å². The molecule has 4 nitrogen and oxygen atoms in total. The van der Waals surface area contributed by atoms with Crippen molar-refractivity contribution in [1.29, 1.82) is 0 Å². The number of carbonyl (C=O) groups excluding carboxylic acids is 2. The summed E-state index contributed by atoms with van der Waals surface area (Å²) in [6.45, 7) is 5.91. The van der Waals surface area contributed by atoms with Crippen molar-refractivity contribution < 1.29 is 9.59 Å². The lowest BCUT2D eigenvalue weighted by Gasteiger charge is -2.23. The Morgan fingerprint density at radius 2 is 1.87 bits per heavy atom. The van der Waals surface area contributed by atoms with Crippen LogP contribution in [0.15, 0.2) is 23.1 Å². The third-order valence-corrected chi connectivity index (χ3v) is 5.46. The van der Waals surface area contributed by atoms with E-state index >= 15 is 0 Å². The minimum atomic E-state index is -0.366. The fraction of sp³-hybridized carbons (Fsp3) is 0.556. The van der Waals surface area contributed by atoms with Crippen molar-refractivity contribution in [2.45, 2.75) is 69.1 Å². The number of thioether (sulfide) groups is 1. The first-order chi connectivity index (χ1) is 11.0. The Balaban J connectivity index is 1.83. The molecular weight excluding hydrogens is 308 g/mol. The summed E-state index contributed by atoms with van der Waals surface area (Å²) in [5, 5.41) is 5.06. The Labute approximate surface area is 142 Å². The van der Waals surface area contributed by atoms with Gasteiger partial charge in [-0.3, -0.25) is 10.1 Å². The van der Waals surface area contributed by atoms with Crippen molar-refractivity contribution in [3.05, 3.63) is 29.3 Å². The van der Waals surface area contributed by atoms with Crippen molar-refractivity contribution >= 4 is 23.7 Å². The summed E-state index contributed by atoms with van der Waals surface area (Å²) >= 11 is 1.48. The molecule has 0 aliphatic heterocycles. The fourth-order valence-corrected chi connectivity index (χ4v) is 3.80. The van der Waals surface area contributed by atoms with E-state index in [-0.39, 0.29) is 23.2 Å². The highest BCUT2D eigenvalue weighted by Crippen LogP contribution is 2.27. The highest BCUT2D eigenvalue weighted by atomic mass is 32.2. The number of carbonyl (C=O) groups is 2. The highest BCUT2D eigenvalue weighted by molar-refractivity contribution is 8.00. The van der Waals surface area contributed by atoms with Gasteiger partial charge < -0.3 is 5.32 Å². The van der Waals surface area contributed by atoms with E-state index in [1.165, 1.54) is 23.7 Å². The molecule has 0 aromatic heterocycles. The summed E-state index contributed by atoms with van der Waals surface area (Å²) in [4.78, 5) is 25.2. The summed E-state index contributed by atoms with van der Waals surface area (Å²) in [6.07, 6.45) is 5.56. The molecule has 1 aliphatic carbocycles. The quantitative estimate of drug-likeness (QED) is 0.820. The molecule has 1 aliphatic rings. The van der Waals surface area contributed by atoms with Crippen molar-refractivity contribution in [2.24, 2.45) is 0 Å². The SMILES string of the molecule is Cc1ccc(S[C@@H](C)C(=O)NC(=O)NC2CCCCC2)c(C)c1. The zero-order chi connectivity index (χ0) is 16.8. The zero-order valence-electron chi connectivity index (χ0n) is 14.1. The van der Waals surface area contributed by atoms with Gasteiger partial charge in [0.25, 0.3) is 0 Å². The molecule has 5 heteroatoms. The van der Waals surface area contributed by atoms with Gasteiger partial charge in [0.05, 0.1) is 5.25 Å². The molecule has 126 valence electrons. The first-order valence-corrected chi connectivity index (χ1v) is 9.19. The topological polar surface area (TPSA) is 58.2 Å². The predicted molar refractivity (Wildman–Crippen MR) is 94.8 cm³/mol. The number of rotatable bonds is 4. The van der Waals surface area contributed by atoms with Gasteiger partial charge in [-0.1, -0.05) is 37.0 Å². The molecule has 23 heavy (non-hydrogen) atoms. The van der Waals surface area contributed by atoms with Crippen LogP contribution >= 0.6 is 11.8 Å². The molecule has 3 amide bonds. The van der Waals surface area contributed by atoms with Crippen LogP contribution in [0.1, 0.15) is 50.2 Å². The molecule has 1 atom stereocenters. The Morgan fingerprint density at radius 3 is 2.52 bits per heavy atom. The minimum absolute atomic E-state index is 0.207. The van der Waals surface area contributed by atoms with Crippen molar-refractivity contribution in [3.8, 4) is 0 Å². The Hall–Kier alpha value is -1.49. The maximum absolute atomic E-state index is 12.2. The van der Waals surface area contributed by atoms with Crippen LogP contribution in [-0.4, -0.2) is 23.2 Å². The molecule has 0 bridgehead atoms. The van der Waals surface area contributed by atoms with Crippen LogP contribution in [0.4, 0.5) is 4.79 Å². The summed E-state index contributed by atoms with van der Waals surface area (Å²) < 4.78 is 0. The van der Waals surface area contributed by atoms with Gasteiger partial charge >= 0.3 is 6.03 Å². The third kappa shape index (κ3) is 5.57. The molecule has 0 unspecified atom stereocenters. The standard InChI is InChI=1S/C18H26N2O2S/c1-12-9-10-16(13(2)11-12)23-14(3)17(21)20-18(22)19-15-7-5-4-6-8-15/h9-11,14-15H,4-8H2,1-3H3,(H2,19,20,21,22)/t14-/m0/s1. The Morgan fingerprint density at radius 1 is 1.17 bits per heavy atom. The second kappa shape index (κ2) is 8.39.